The van der Waals surface area contributed by atoms with E-state index in [0.29, 0.717) is 11.0 Å². The molecule has 0 unspecified atom stereocenters. The Morgan fingerprint density at radius 1 is 1.07 bits per heavy atom. The number of nitrogens with zero attached hydrogens (tertiary/aromatic N) is 3. The number of aromatic nitrogens is 3. The lowest BCUT2D eigenvalue weighted by Crippen LogP contribution is -2.23. The lowest BCUT2D eigenvalue weighted by Gasteiger charge is -2.12. The Morgan fingerprint density at radius 2 is 1.80 bits per heavy atom. The standard InChI is InChI=1S/C22H21N5O2S/c1-14(21(28)24-18-10-7-15-5-3-4-6-17(15)13-18)30-22-26-25-20(27(22)23)16-8-11-19(29-2)12-9-16/h3-14H,23H2,1-2H3,(H,24,28)/t14-/m1/s1. The van der Waals surface area contributed by atoms with Crippen LogP contribution in [0.15, 0.2) is 71.9 Å². The van der Waals surface area contributed by atoms with Crippen LogP contribution >= 0.6 is 11.8 Å². The van der Waals surface area contributed by atoms with Crippen molar-refractivity contribution < 1.29 is 9.53 Å². The third-order valence-electron chi connectivity index (χ3n) is 4.68. The van der Waals surface area contributed by atoms with Crippen molar-refractivity contribution in [2.24, 2.45) is 0 Å². The number of rotatable bonds is 6. The third-order valence-corrected chi connectivity index (χ3v) is 5.74. The van der Waals surface area contributed by atoms with Crippen LogP contribution in [-0.4, -0.2) is 33.1 Å². The Morgan fingerprint density at radius 3 is 2.53 bits per heavy atom. The van der Waals surface area contributed by atoms with Gasteiger partial charge in [0.25, 0.3) is 0 Å². The summed E-state index contributed by atoms with van der Waals surface area (Å²) in [7, 11) is 1.61. The minimum Gasteiger partial charge on any atom is -0.497 e. The SMILES string of the molecule is COc1ccc(-c2nnc(S[C@H](C)C(=O)Nc3ccc4ccccc4c3)n2N)cc1. The Kier molecular flexibility index (Phi) is 5.58. The van der Waals surface area contributed by atoms with Gasteiger partial charge in [0.05, 0.1) is 12.4 Å². The number of nitrogens with two attached hydrogens (primary N) is 1. The molecule has 1 aromatic heterocycles. The zero-order valence-electron chi connectivity index (χ0n) is 16.6. The molecule has 1 atom stereocenters. The Hall–Kier alpha value is -3.52. The molecule has 0 spiro atoms. The van der Waals surface area contributed by atoms with E-state index in [-0.39, 0.29) is 5.91 Å². The molecule has 0 saturated carbocycles. The van der Waals surface area contributed by atoms with Crippen molar-refractivity contribution >= 4 is 34.1 Å². The molecule has 0 aliphatic heterocycles. The van der Waals surface area contributed by atoms with Crippen LogP contribution in [0, 0.1) is 0 Å². The van der Waals surface area contributed by atoms with Gasteiger partial charge < -0.3 is 15.9 Å². The van der Waals surface area contributed by atoms with Crippen molar-refractivity contribution in [3.05, 3.63) is 66.7 Å². The second kappa shape index (κ2) is 8.46. The van der Waals surface area contributed by atoms with Gasteiger partial charge in [0.1, 0.15) is 5.75 Å². The molecule has 8 heteroatoms. The molecule has 4 rings (SSSR count). The topological polar surface area (TPSA) is 95.1 Å². The summed E-state index contributed by atoms with van der Waals surface area (Å²) in [5, 5.41) is 13.5. The highest BCUT2D eigenvalue weighted by atomic mass is 32.2. The van der Waals surface area contributed by atoms with E-state index in [0.717, 1.165) is 27.8 Å². The number of carbonyl (C=O) groups excluding carboxylic acids is 1. The third kappa shape index (κ3) is 4.08. The molecule has 0 aliphatic rings. The molecular weight excluding hydrogens is 398 g/mol. The van der Waals surface area contributed by atoms with Gasteiger partial charge in [0, 0.05) is 11.3 Å². The van der Waals surface area contributed by atoms with Crippen molar-refractivity contribution in [3.8, 4) is 17.1 Å². The molecule has 3 aromatic carbocycles. The lowest BCUT2D eigenvalue weighted by molar-refractivity contribution is -0.115. The first kappa shape index (κ1) is 19.8. The van der Waals surface area contributed by atoms with E-state index in [1.165, 1.54) is 16.4 Å². The van der Waals surface area contributed by atoms with Gasteiger partial charge in [-0.25, -0.2) is 4.68 Å². The van der Waals surface area contributed by atoms with Crippen LogP contribution in [0.1, 0.15) is 6.92 Å². The molecule has 4 aromatic rings. The average molecular weight is 420 g/mol. The van der Waals surface area contributed by atoms with Gasteiger partial charge in [-0.05, 0) is 54.1 Å². The molecule has 0 bridgehead atoms. The number of anilines is 1. The molecule has 1 heterocycles. The molecule has 30 heavy (non-hydrogen) atoms. The van der Waals surface area contributed by atoms with Crippen molar-refractivity contribution in [3.63, 3.8) is 0 Å². The summed E-state index contributed by atoms with van der Waals surface area (Å²) in [5.74, 6) is 7.30. The van der Waals surface area contributed by atoms with E-state index in [4.69, 9.17) is 10.6 Å². The summed E-state index contributed by atoms with van der Waals surface area (Å²) >= 11 is 1.25. The van der Waals surface area contributed by atoms with E-state index in [1.807, 2.05) is 73.7 Å². The zero-order chi connectivity index (χ0) is 21.1. The first-order valence-electron chi connectivity index (χ1n) is 9.36. The van der Waals surface area contributed by atoms with Crippen LogP contribution in [0.2, 0.25) is 0 Å². The number of ether oxygens (including phenoxy) is 1. The van der Waals surface area contributed by atoms with Gasteiger partial charge in [-0.2, -0.15) is 0 Å². The maximum Gasteiger partial charge on any atom is 0.237 e. The first-order valence-corrected chi connectivity index (χ1v) is 10.2. The van der Waals surface area contributed by atoms with Crippen LogP contribution in [0.3, 0.4) is 0 Å². The first-order chi connectivity index (χ1) is 14.5. The summed E-state index contributed by atoms with van der Waals surface area (Å²) in [4.78, 5) is 12.7. The van der Waals surface area contributed by atoms with E-state index < -0.39 is 5.25 Å². The zero-order valence-corrected chi connectivity index (χ0v) is 17.4. The van der Waals surface area contributed by atoms with Gasteiger partial charge in [0.15, 0.2) is 5.82 Å². The number of hydrogen-bond donors (Lipinski definition) is 2. The monoisotopic (exact) mass is 419 g/mol. The molecule has 0 fully saturated rings. The molecule has 152 valence electrons. The fraction of sp³-hybridized carbons (Fsp3) is 0.136. The molecule has 0 radical (unpaired) electrons. The summed E-state index contributed by atoms with van der Waals surface area (Å²) in [5.41, 5.74) is 1.56. The van der Waals surface area contributed by atoms with Crippen LogP contribution in [-0.2, 0) is 4.79 Å². The van der Waals surface area contributed by atoms with Gasteiger partial charge in [0.2, 0.25) is 11.1 Å². The summed E-state index contributed by atoms with van der Waals surface area (Å²) in [6.45, 7) is 1.81. The molecule has 3 N–H and O–H groups in total. The van der Waals surface area contributed by atoms with Crippen LogP contribution in [0.4, 0.5) is 5.69 Å². The number of benzene rings is 3. The normalized spacial score (nSPS) is 11.9. The molecule has 1 amide bonds. The summed E-state index contributed by atoms with van der Waals surface area (Å²) < 4.78 is 6.56. The summed E-state index contributed by atoms with van der Waals surface area (Å²) in [6.07, 6.45) is 0. The van der Waals surface area contributed by atoms with Crippen molar-refractivity contribution in [1.82, 2.24) is 14.9 Å². The van der Waals surface area contributed by atoms with Gasteiger partial charge in [-0.15, -0.1) is 10.2 Å². The number of carbonyl (C=O) groups is 1. The number of thioether (sulfide) groups is 1. The Labute approximate surface area is 178 Å². The molecule has 7 nitrogen and oxygen atoms in total. The highest BCUT2D eigenvalue weighted by Gasteiger charge is 2.20. The second-order valence-electron chi connectivity index (χ2n) is 6.72. The van der Waals surface area contributed by atoms with Crippen molar-refractivity contribution in [2.45, 2.75) is 17.3 Å². The van der Waals surface area contributed by atoms with E-state index in [9.17, 15) is 4.79 Å². The van der Waals surface area contributed by atoms with E-state index in [2.05, 4.69) is 15.5 Å². The minimum absolute atomic E-state index is 0.135. The maximum absolute atomic E-state index is 12.7. The van der Waals surface area contributed by atoms with E-state index >= 15 is 0 Å². The van der Waals surface area contributed by atoms with Crippen LogP contribution in [0.25, 0.3) is 22.2 Å². The average Bonchev–Trinajstić information content (AvgIpc) is 3.13. The van der Waals surface area contributed by atoms with Gasteiger partial charge in [-0.3, -0.25) is 4.79 Å². The summed E-state index contributed by atoms with van der Waals surface area (Å²) in [6, 6.07) is 21.2. The van der Waals surface area contributed by atoms with Crippen LogP contribution < -0.4 is 15.9 Å². The maximum atomic E-state index is 12.7. The fourth-order valence-electron chi connectivity index (χ4n) is 3.02. The Bertz CT molecular complexity index is 1190. The number of amides is 1. The number of nitrogens with one attached hydrogen (secondary N) is 1. The largest absolute Gasteiger partial charge is 0.497 e. The van der Waals surface area contributed by atoms with Crippen molar-refractivity contribution in [2.75, 3.05) is 18.3 Å². The lowest BCUT2D eigenvalue weighted by atomic mass is 10.1. The highest BCUT2D eigenvalue weighted by molar-refractivity contribution is 8.00. The second-order valence-corrected chi connectivity index (χ2v) is 8.02. The molecule has 0 aliphatic carbocycles. The minimum atomic E-state index is -0.410. The predicted octanol–water partition coefficient (Wildman–Crippen LogP) is 3.94. The van der Waals surface area contributed by atoms with Gasteiger partial charge >= 0.3 is 0 Å². The predicted molar refractivity (Wildman–Crippen MR) is 120 cm³/mol. The number of methoxy groups -OCH3 is 1. The number of hydrogen-bond acceptors (Lipinski definition) is 6. The number of nitrogen functional groups attached to an aromatic ring is 1. The Balaban J connectivity index is 1.45. The molecular formula is C22H21N5O2S. The highest BCUT2D eigenvalue weighted by Crippen LogP contribution is 2.27. The fourth-order valence-corrected chi connectivity index (χ4v) is 3.79. The van der Waals surface area contributed by atoms with E-state index in [1.54, 1.807) is 7.11 Å². The van der Waals surface area contributed by atoms with Crippen molar-refractivity contribution in [1.29, 1.82) is 0 Å². The van der Waals surface area contributed by atoms with Gasteiger partial charge in [-0.1, -0.05) is 42.1 Å². The number of fused-ring (bicyclic) bond motifs is 1. The smallest absolute Gasteiger partial charge is 0.237 e. The molecule has 0 saturated heterocycles. The quantitative estimate of drug-likeness (QED) is 0.363. The van der Waals surface area contributed by atoms with Crippen LogP contribution in [0.5, 0.6) is 5.75 Å².